The van der Waals surface area contributed by atoms with Crippen molar-refractivity contribution in [1.29, 1.82) is 0 Å². The molecule has 3 amide bonds. The van der Waals surface area contributed by atoms with Crippen molar-refractivity contribution in [3.8, 4) is 0 Å². The Kier molecular flexibility index (Phi) is 9.22. The standard InChI is InChI=1S/C23H27N3O5/c1-3-13-24-22(29)16(2)25-21(28)15-31-23(30)18-11-7-8-12-19(18)26-20(27)14-17-9-5-4-6-10-17/h4-12,16H,3,13-15H2,1-2H3,(H,24,29)(H,25,28)(H,26,27)/t16-/m1/s1. The van der Waals surface area contributed by atoms with Crippen molar-refractivity contribution < 1.29 is 23.9 Å². The van der Waals surface area contributed by atoms with E-state index in [0.717, 1.165) is 12.0 Å². The molecule has 8 heteroatoms. The number of ether oxygens (including phenoxy) is 1. The molecule has 0 radical (unpaired) electrons. The molecule has 164 valence electrons. The van der Waals surface area contributed by atoms with Crippen molar-refractivity contribution in [2.75, 3.05) is 18.5 Å². The van der Waals surface area contributed by atoms with Gasteiger partial charge in [0.25, 0.3) is 5.91 Å². The van der Waals surface area contributed by atoms with Gasteiger partial charge in [-0.25, -0.2) is 4.79 Å². The van der Waals surface area contributed by atoms with Crippen molar-refractivity contribution in [2.45, 2.75) is 32.7 Å². The number of anilines is 1. The van der Waals surface area contributed by atoms with Crippen molar-refractivity contribution in [3.05, 3.63) is 65.7 Å². The van der Waals surface area contributed by atoms with Gasteiger partial charge in [-0.15, -0.1) is 0 Å². The van der Waals surface area contributed by atoms with Gasteiger partial charge in [-0.1, -0.05) is 49.4 Å². The van der Waals surface area contributed by atoms with Crippen molar-refractivity contribution in [2.24, 2.45) is 0 Å². The molecule has 2 rings (SSSR count). The Hall–Kier alpha value is -3.68. The highest BCUT2D eigenvalue weighted by molar-refractivity contribution is 6.02. The smallest absolute Gasteiger partial charge is 0.340 e. The summed E-state index contributed by atoms with van der Waals surface area (Å²) < 4.78 is 5.06. The van der Waals surface area contributed by atoms with E-state index in [-0.39, 0.29) is 23.8 Å². The highest BCUT2D eigenvalue weighted by Gasteiger charge is 2.18. The fraction of sp³-hybridized carbons (Fsp3) is 0.304. The fourth-order valence-corrected chi connectivity index (χ4v) is 2.70. The highest BCUT2D eigenvalue weighted by Crippen LogP contribution is 2.17. The molecule has 2 aromatic carbocycles. The van der Waals surface area contributed by atoms with Crippen LogP contribution in [-0.4, -0.2) is 42.9 Å². The van der Waals surface area contributed by atoms with Gasteiger partial charge in [0.2, 0.25) is 11.8 Å². The lowest BCUT2D eigenvalue weighted by molar-refractivity contribution is -0.130. The molecule has 0 spiro atoms. The van der Waals surface area contributed by atoms with E-state index in [0.29, 0.717) is 12.2 Å². The zero-order valence-corrected chi connectivity index (χ0v) is 17.6. The molecule has 0 unspecified atom stereocenters. The molecule has 0 fully saturated rings. The lowest BCUT2D eigenvalue weighted by Crippen LogP contribution is -2.46. The van der Waals surface area contributed by atoms with E-state index < -0.39 is 24.5 Å². The molecule has 0 saturated heterocycles. The van der Waals surface area contributed by atoms with E-state index >= 15 is 0 Å². The summed E-state index contributed by atoms with van der Waals surface area (Å²) in [5.74, 6) is -1.95. The van der Waals surface area contributed by atoms with Crippen LogP contribution < -0.4 is 16.0 Å². The maximum Gasteiger partial charge on any atom is 0.340 e. The average Bonchev–Trinajstić information content (AvgIpc) is 2.76. The average molecular weight is 425 g/mol. The number of amides is 3. The van der Waals surface area contributed by atoms with Gasteiger partial charge in [0, 0.05) is 6.54 Å². The summed E-state index contributed by atoms with van der Waals surface area (Å²) in [4.78, 5) is 48.6. The third-order valence-corrected chi connectivity index (χ3v) is 4.28. The van der Waals surface area contributed by atoms with Crippen LogP contribution in [0.25, 0.3) is 0 Å². The molecule has 31 heavy (non-hydrogen) atoms. The number of para-hydroxylation sites is 1. The summed E-state index contributed by atoms with van der Waals surface area (Å²) in [5.41, 5.74) is 1.26. The molecule has 0 heterocycles. The quantitative estimate of drug-likeness (QED) is 0.504. The van der Waals surface area contributed by atoms with Gasteiger partial charge in [-0.05, 0) is 31.0 Å². The van der Waals surface area contributed by atoms with Crippen LogP contribution in [0.2, 0.25) is 0 Å². The van der Waals surface area contributed by atoms with Gasteiger partial charge in [0.1, 0.15) is 6.04 Å². The lowest BCUT2D eigenvalue weighted by atomic mass is 10.1. The Balaban J connectivity index is 1.90. The van der Waals surface area contributed by atoms with Gasteiger partial charge < -0.3 is 20.7 Å². The summed E-state index contributed by atoms with van der Waals surface area (Å²) in [6, 6.07) is 14.9. The molecule has 0 bridgehead atoms. The highest BCUT2D eigenvalue weighted by atomic mass is 16.5. The largest absolute Gasteiger partial charge is 0.452 e. The van der Waals surface area contributed by atoms with Crippen LogP contribution in [0.1, 0.15) is 36.2 Å². The number of hydrogen-bond donors (Lipinski definition) is 3. The number of carbonyl (C=O) groups excluding carboxylic acids is 4. The van der Waals surface area contributed by atoms with Crippen LogP contribution in [0.3, 0.4) is 0 Å². The number of benzene rings is 2. The van der Waals surface area contributed by atoms with Crippen LogP contribution in [0.4, 0.5) is 5.69 Å². The molecular weight excluding hydrogens is 398 g/mol. The fourth-order valence-electron chi connectivity index (χ4n) is 2.70. The minimum Gasteiger partial charge on any atom is -0.452 e. The third-order valence-electron chi connectivity index (χ3n) is 4.28. The van der Waals surface area contributed by atoms with Crippen molar-refractivity contribution in [3.63, 3.8) is 0 Å². The lowest BCUT2D eigenvalue weighted by Gasteiger charge is -2.14. The van der Waals surface area contributed by atoms with E-state index in [9.17, 15) is 19.2 Å². The van der Waals surface area contributed by atoms with Crippen molar-refractivity contribution in [1.82, 2.24) is 10.6 Å². The van der Waals surface area contributed by atoms with Crippen LogP contribution in [0.5, 0.6) is 0 Å². The maximum atomic E-state index is 12.4. The third kappa shape index (κ3) is 7.93. The molecule has 0 aliphatic heterocycles. The molecule has 0 aromatic heterocycles. The predicted molar refractivity (Wildman–Crippen MR) is 116 cm³/mol. The Morgan fingerprint density at radius 1 is 0.935 bits per heavy atom. The molecule has 8 nitrogen and oxygen atoms in total. The first kappa shape index (κ1) is 23.6. The second kappa shape index (κ2) is 12.1. The number of esters is 1. The van der Waals surface area contributed by atoms with Crippen LogP contribution in [-0.2, 0) is 25.5 Å². The maximum absolute atomic E-state index is 12.4. The number of rotatable bonds is 10. The monoisotopic (exact) mass is 425 g/mol. The Morgan fingerprint density at radius 2 is 1.61 bits per heavy atom. The molecule has 2 aromatic rings. The predicted octanol–water partition coefficient (Wildman–Crippen LogP) is 2.06. The zero-order chi connectivity index (χ0) is 22.6. The number of hydrogen-bond acceptors (Lipinski definition) is 5. The summed E-state index contributed by atoms with van der Waals surface area (Å²) in [5, 5.41) is 7.84. The molecular formula is C23H27N3O5. The van der Waals surface area contributed by atoms with E-state index in [1.165, 1.54) is 6.07 Å². The van der Waals surface area contributed by atoms with E-state index in [1.54, 1.807) is 25.1 Å². The van der Waals surface area contributed by atoms with Gasteiger partial charge in [-0.3, -0.25) is 14.4 Å². The first-order valence-corrected chi connectivity index (χ1v) is 10.1. The molecule has 0 aliphatic rings. The van der Waals surface area contributed by atoms with E-state index in [2.05, 4.69) is 16.0 Å². The molecule has 0 saturated carbocycles. The second-order valence-electron chi connectivity index (χ2n) is 6.91. The molecule has 1 atom stereocenters. The topological polar surface area (TPSA) is 114 Å². The zero-order valence-electron chi connectivity index (χ0n) is 17.6. The Morgan fingerprint density at radius 3 is 2.32 bits per heavy atom. The van der Waals surface area contributed by atoms with Gasteiger partial charge in [0.05, 0.1) is 17.7 Å². The number of carbonyl (C=O) groups is 4. The summed E-state index contributed by atoms with van der Waals surface area (Å²) in [6.45, 7) is 3.44. The minimum absolute atomic E-state index is 0.130. The first-order valence-electron chi connectivity index (χ1n) is 10.1. The van der Waals surface area contributed by atoms with Crippen LogP contribution >= 0.6 is 0 Å². The van der Waals surface area contributed by atoms with E-state index in [4.69, 9.17) is 4.74 Å². The minimum atomic E-state index is -0.756. The summed E-state index contributed by atoms with van der Waals surface area (Å²) in [6.07, 6.45) is 0.940. The van der Waals surface area contributed by atoms with Crippen LogP contribution in [0.15, 0.2) is 54.6 Å². The van der Waals surface area contributed by atoms with Crippen molar-refractivity contribution >= 4 is 29.4 Å². The summed E-state index contributed by atoms with van der Waals surface area (Å²) >= 11 is 0. The molecule has 3 N–H and O–H groups in total. The second-order valence-corrected chi connectivity index (χ2v) is 6.91. The van der Waals surface area contributed by atoms with Gasteiger partial charge in [0.15, 0.2) is 6.61 Å². The Labute approximate surface area is 181 Å². The summed E-state index contributed by atoms with van der Waals surface area (Å²) in [7, 11) is 0. The van der Waals surface area contributed by atoms with E-state index in [1.807, 2.05) is 37.3 Å². The van der Waals surface area contributed by atoms with Gasteiger partial charge in [-0.2, -0.15) is 0 Å². The normalized spacial score (nSPS) is 11.2. The van der Waals surface area contributed by atoms with Crippen LogP contribution in [0, 0.1) is 0 Å². The SMILES string of the molecule is CCCNC(=O)[C@@H](C)NC(=O)COC(=O)c1ccccc1NC(=O)Cc1ccccc1. The van der Waals surface area contributed by atoms with Gasteiger partial charge >= 0.3 is 5.97 Å². The first-order chi connectivity index (χ1) is 14.9. The number of nitrogens with one attached hydrogen (secondary N) is 3. The molecule has 0 aliphatic carbocycles. The Bertz CT molecular complexity index is 914.